The van der Waals surface area contributed by atoms with Gasteiger partial charge in [-0.15, -0.1) is 11.3 Å². The highest BCUT2D eigenvalue weighted by Gasteiger charge is 2.30. The van der Waals surface area contributed by atoms with Crippen molar-refractivity contribution < 1.29 is 9.53 Å². The molecule has 0 atom stereocenters. The van der Waals surface area contributed by atoms with Crippen LogP contribution in [0.1, 0.15) is 40.6 Å². The molecule has 0 N–H and O–H groups in total. The summed E-state index contributed by atoms with van der Waals surface area (Å²) >= 11 is 1.89. The zero-order valence-corrected chi connectivity index (χ0v) is 16.1. The van der Waals surface area contributed by atoms with E-state index in [2.05, 4.69) is 16.3 Å². The van der Waals surface area contributed by atoms with Gasteiger partial charge in [-0.05, 0) is 55.3 Å². The molecule has 0 saturated carbocycles. The Morgan fingerprint density at radius 1 is 1.19 bits per heavy atom. The van der Waals surface area contributed by atoms with Gasteiger partial charge in [-0.25, -0.2) is 0 Å². The van der Waals surface area contributed by atoms with Gasteiger partial charge in [0.05, 0.1) is 12.2 Å². The number of carbonyl (C=O) groups is 1. The first-order chi connectivity index (χ1) is 12.8. The molecule has 1 aromatic heterocycles. The number of hydrogen-bond acceptors (Lipinski definition) is 4. The summed E-state index contributed by atoms with van der Waals surface area (Å²) in [5, 5.41) is 2.21. The van der Waals surface area contributed by atoms with Gasteiger partial charge in [-0.3, -0.25) is 9.69 Å². The van der Waals surface area contributed by atoms with Crippen LogP contribution in [0, 0.1) is 0 Å². The third-order valence-corrected chi connectivity index (χ3v) is 6.55. The molecule has 1 aromatic carbocycles. The van der Waals surface area contributed by atoms with Crippen LogP contribution in [0.4, 0.5) is 0 Å². The van der Waals surface area contributed by atoms with E-state index in [1.54, 1.807) is 4.88 Å². The van der Waals surface area contributed by atoms with E-state index < -0.39 is 0 Å². The Morgan fingerprint density at radius 3 is 2.81 bits per heavy atom. The van der Waals surface area contributed by atoms with Crippen LogP contribution < -0.4 is 4.74 Å². The van der Waals surface area contributed by atoms with E-state index >= 15 is 0 Å². The smallest absolute Gasteiger partial charge is 0.257 e. The van der Waals surface area contributed by atoms with Crippen LogP contribution in [0.25, 0.3) is 0 Å². The zero-order chi connectivity index (χ0) is 17.9. The molecule has 138 valence electrons. The van der Waals surface area contributed by atoms with Crippen LogP contribution in [0.2, 0.25) is 0 Å². The van der Waals surface area contributed by atoms with Crippen LogP contribution >= 0.6 is 11.3 Å². The molecule has 0 bridgehead atoms. The minimum Gasteiger partial charge on any atom is -0.493 e. The number of thiophene rings is 1. The summed E-state index contributed by atoms with van der Waals surface area (Å²) in [6.45, 7) is 6.41. The SMILES string of the molecule is CCOc1ccccc1C(=O)N1CCC(N2CCc3sccc3C2)CC1. The summed E-state index contributed by atoms with van der Waals surface area (Å²) < 4.78 is 5.64. The fourth-order valence-electron chi connectivity index (χ4n) is 4.11. The lowest BCUT2D eigenvalue weighted by atomic mass is 9.99. The Hall–Kier alpha value is -1.85. The monoisotopic (exact) mass is 370 g/mol. The fourth-order valence-corrected chi connectivity index (χ4v) is 5.00. The molecular formula is C21H26N2O2S. The number of hydrogen-bond donors (Lipinski definition) is 0. The standard InChI is InChI=1S/C21H26N2O2S/c1-2-25-19-6-4-3-5-18(19)21(24)22-11-7-17(8-12-22)23-13-9-20-16(15-23)10-14-26-20/h3-6,10,14,17H,2,7-9,11-13,15H2,1H3. The average Bonchev–Trinajstić information content (AvgIpc) is 3.16. The number of amides is 1. The number of likely N-dealkylation sites (tertiary alicyclic amines) is 1. The Bertz CT molecular complexity index is 765. The topological polar surface area (TPSA) is 32.8 Å². The molecule has 1 saturated heterocycles. The Morgan fingerprint density at radius 2 is 2.00 bits per heavy atom. The number of fused-ring (bicyclic) bond motifs is 1. The average molecular weight is 371 g/mol. The summed E-state index contributed by atoms with van der Waals surface area (Å²) in [6, 6.07) is 10.5. The maximum atomic E-state index is 12.9. The fraction of sp³-hybridized carbons (Fsp3) is 0.476. The molecule has 4 nitrogen and oxygen atoms in total. The van der Waals surface area contributed by atoms with Gasteiger partial charge in [0.1, 0.15) is 5.75 Å². The van der Waals surface area contributed by atoms with Crippen molar-refractivity contribution in [1.29, 1.82) is 0 Å². The summed E-state index contributed by atoms with van der Waals surface area (Å²) in [5.74, 6) is 0.800. The van der Waals surface area contributed by atoms with E-state index in [4.69, 9.17) is 4.74 Å². The number of rotatable bonds is 4. The molecule has 2 aromatic rings. The van der Waals surface area contributed by atoms with Gasteiger partial charge in [0, 0.05) is 37.1 Å². The van der Waals surface area contributed by atoms with Crippen molar-refractivity contribution in [3.63, 3.8) is 0 Å². The molecule has 0 radical (unpaired) electrons. The number of nitrogens with zero attached hydrogens (tertiary/aromatic N) is 2. The summed E-state index contributed by atoms with van der Waals surface area (Å²) in [7, 11) is 0. The van der Waals surface area contributed by atoms with Crippen molar-refractivity contribution in [2.45, 2.75) is 38.8 Å². The highest BCUT2D eigenvalue weighted by molar-refractivity contribution is 7.10. The molecular weight excluding hydrogens is 344 g/mol. The van der Waals surface area contributed by atoms with E-state index in [1.807, 2.05) is 47.4 Å². The highest BCUT2D eigenvalue weighted by Crippen LogP contribution is 2.29. The van der Waals surface area contributed by atoms with Gasteiger partial charge in [0.25, 0.3) is 5.91 Å². The second kappa shape index (κ2) is 7.80. The minimum absolute atomic E-state index is 0.103. The van der Waals surface area contributed by atoms with Crippen LogP contribution in [0.3, 0.4) is 0 Å². The lowest BCUT2D eigenvalue weighted by Crippen LogP contribution is -2.48. The molecule has 5 heteroatoms. The third kappa shape index (κ3) is 3.51. The molecule has 3 heterocycles. The molecule has 2 aliphatic rings. The van der Waals surface area contributed by atoms with Crippen molar-refractivity contribution in [3.8, 4) is 5.75 Å². The lowest BCUT2D eigenvalue weighted by molar-refractivity contribution is 0.0597. The van der Waals surface area contributed by atoms with Crippen LogP contribution in [0.15, 0.2) is 35.7 Å². The van der Waals surface area contributed by atoms with Gasteiger partial charge < -0.3 is 9.64 Å². The molecule has 0 unspecified atom stereocenters. The summed E-state index contributed by atoms with van der Waals surface area (Å²) in [6.07, 6.45) is 3.29. The second-order valence-corrected chi connectivity index (χ2v) is 8.04. The van der Waals surface area contributed by atoms with Gasteiger partial charge in [0.15, 0.2) is 0 Å². The number of carbonyl (C=O) groups excluding carboxylic acids is 1. The summed E-state index contributed by atoms with van der Waals surface area (Å²) in [4.78, 5) is 19.1. The van der Waals surface area contributed by atoms with E-state index in [9.17, 15) is 4.79 Å². The van der Waals surface area contributed by atoms with E-state index in [0.29, 0.717) is 24.0 Å². The molecule has 2 aliphatic heterocycles. The normalized spacial score (nSPS) is 18.6. The quantitative estimate of drug-likeness (QED) is 0.820. The van der Waals surface area contributed by atoms with Crippen LogP contribution in [0.5, 0.6) is 5.75 Å². The Balaban J connectivity index is 1.37. The zero-order valence-electron chi connectivity index (χ0n) is 15.3. The number of para-hydroxylation sites is 1. The number of ether oxygens (including phenoxy) is 1. The molecule has 0 aliphatic carbocycles. The van der Waals surface area contributed by atoms with Crippen molar-refractivity contribution in [3.05, 3.63) is 51.7 Å². The largest absolute Gasteiger partial charge is 0.493 e. The third-order valence-electron chi connectivity index (χ3n) is 5.52. The lowest BCUT2D eigenvalue weighted by Gasteiger charge is -2.40. The number of benzene rings is 1. The first kappa shape index (κ1) is 17.6. The van der Waals surface area contributed by atoms with Gasteiger partial charge in [-0.2, -0.15) is 0 Å². The van der Waals surface area contributed by atoms with Crippen molar-refractivity contribution in [2.24, 2.45) is 0 Å². The van der Waals surface area contributed by atoms with Gasteiger partial charge in [-0.1, -0.05) is 12.1 Å². The minimum atomic E-state index is 0.103. The Kier molecular flexibility index (Phi) is 5.27. The Labute approximate surface area is 159 Å². The van der Waals surface area contributed by atoms with Crippen molar-refractivity contribution in [2.75, 3.05) is 26.2 Å². The van der Waals surface area contributed by atoms with Crippen LogP contribution in [-0.2, 0) is 13.0 Å². The van der Waals surface area contributed by atoms with E-state index in [-0.39, 0.29) is 5.91 Å². The first-order valence-electron chi connectivity index (χ1n) is 9.56. The van der Waals surface area contributed by atoms with E-state index in [0.717, 1.165) is 39.0 Å². The van der Waals surface area contributed by atoms with Gasteiger partial charge in [0.2, 0.25) is 0 Å². The molecule has 1 fully saturated rings. The predicted octanol–water partition coefficient (Wildman–Crippen LogP) is 3.81. The van der Waals surface area contributed by atoms with Gasteiger partial charge >= 0.3 is 0 Å². The molecule has 4 rings (SSSR count). The van der Waals surface area contributed by atoms with Crippen molar-refractivity contribution in [1.82, 2.24) is 9.80 Å². The summed E-state index contributed by atoms with van der Waals surface area (Å²) in [5.41, 5.74) is 2.19. The highest BCUT2D eigenvalue weighted by atomic mass is 32.1. The maximum absolute atomic E-state index is 12.9. The predicted molar refractivity (Wildman–Crippen MR) is 105 cm³/mol. The van der Waals surface area contributed by atoms with Crippen LogP contribution in [-0.4, -0.2) is 48.0 Å². The molecule has 1 amide bonds. The second-order valence-electron chi connectivity index (χ2n) is 7.04. The maximum Gasteiger partial charge on any atom is 0.257 e. The first-order valence-corrected chi connectivity index (χ1v) is 10.4. The molecule has 26 heavy (non-hydrogen) atoms. The molecule has 0 spiro atoms. The van der Waals surface area contributed by atoms with E-state index in [1.165, 1.54) is 12.0 Å². The van der Waals surface area contributed by atoms with Crippen molar-refractivity contribution >= 4 is 17.2 Å². The number of piperidine rings is 1.